The van der Waals surface area contributed by atoms with Crippen molar-refractivity contribution < 1.29 is 22.8 Å². The van der Waals surface area contributed by atoms with E-state index in [2.05, 4.69) is 15.4 Å². The summed E-state index contributed by atoms with van der Waals surface area (Å²) in [6.07, 6.45) is -3.28. The minimum absolute atomic E-state index is 0.0144. The highest BCUT2D eigenvalue weighted by molar-refractivity contribution is 7.21. The molecule has 0 saturated carbocycles. The summed E-state index contributed by atoms with van der Waals surface area (Å²) in [5.74, 6) is -1.49. The van der Waals surface area contributed by atoms with Crippen LogP contribution in [0.15, 0.2) is 42.6 Å². The molecule has 0 saturated heterocycles. The highest BCUT2D eigenvalue weighted by Crippen LogP contribution is 2.43. The number of nitrogens with two attached hydrogens (primary N) is 1. The van der Waals surface area contributed by atoms with Gasteiger partial charge in [-0.3, -0.25) is 14.3 Å². The van der Waals surface area contributed by atoms with Crippen molar-refractivity contribution in [1.29, 1.82) is 0 Å². The fourth-order valence-electron chi connectivity index (χ4n) is 3.27. The standard InChI is InChI=1S/C21H16F3N5O2S/c1-10-3-5-11(6-4-10)12-9-14(21(22,23)24)27-20-15(12)16(17(32-20)18(25)30)28-19(31)13-7-8-26-29(13)2/h3-9H,1-2H3,(H2,25,30)(H,28,31). The Hall–Kier alpha value is -3.73. The molecule has 11 heteroatoms. The normalized spacial score (nSPS) is 11.7. The van der Waals surface area contributed by atoms with Crippen LogP contribution in [0.1, 0.15) is 31.4 Å². The number of hydrogen-bond donors (Lipinski definition) is 2. The number of anilines is 1. The second-order valence-electron chi connectivity index (χ2n) is 7.06. The van der Waals surface area contributed by atoms with Crippen molar-refractivity contribution in [2.45, 2.75) is 13.1 Å². The maximum absolute atomic E-state index is 13.6. The van der Waals surface area contributed by atoms with E-state index in [-0.39, 0.29) is 32.0 Å². The number of nitrogens with zero attached hydrogens (tertiary/aromatic N) is 3. The zero-order valence-corrected chi connectivity index (χ0v) is 17.6. The van der Waals surface area contributed by atoms with Crippen LogP contribution in [0.4, 0.5) is 18.9 Å². The number of amides is 2. The fraction of sp³-hybridized carbons (Fsp3) is 0.143. The third-order valence-corrected chi connectivity index (χ3v) is 5.93. The second kappa shape index (κ2) is 7.75. The molecule has 1 aromatic carbocycles. The summed E-state index contributed by atoms with van der Waals surface area (Å²) in [5.41, 5.74) is 6.15. The Bertz CT molecular complexity index is 1360. The summed E-state index contributed by atoms with van der Waals surface area (Å²) in [6, 6.07) is 9.21. The van der Waals surface area contributed by atoms with E-state index in [1.54, 1.807) is 31.3 Å². The fourth-order valence-corrected chi connectivity index (χ4v) is 4.28. The summed E-state index contributed by atoms with van der Waals surface area (Å²) in [4.78, 5) is 28.5. The van der Waals surface area contributed by atoms with Crippen molar-refractivity contribution in [1.82, 2.24) is 14.8 Å². The number of alkyl halides is 3. The maximum Gasteiger partial charge on any atom is 0.433 e. The summed E-state index contributed by atoms with van der Waals surface area (Å²) in [7, 11) is 1.56. The summed E-state index contributed by atoms with van der Waals surface area (Å²) in [5, 5.41) is 6.76. The van der Waals surface area contributed by atoms with Gasteiger partial charge in [-0.25, -0.2) is 4.98 Å². The average Bonchev–Trinajstić information content (AvgIpc) is 3.31. The number of aryl methyl sites for hydroxylation is 2. The summed E-state index contributed by atoms with van der Waals surface area (Å²) in [6.45, 7) is 1.85. The highest BCUT2D eigenvalue weighted by atomic mass is 32.1. The first-order chi connectivity index (χ1) is 15.1. The van der Waals surface area contributed by atoms with Crippen LogP contribution in [0.25, 0.3) is 21.3 Å². The number of nitrogens with one attached hydrogen (secondary N) is 1. The van der Waals surface area contributed by atoms with E-state index in [4.69, 9.17) is 5.73 Å². The third-order valence-electron chi connectivity index (χ3n) is 4.83. The average molecular weight is 459 g/mol. The number of pyridine rings is 1. The molecule has 0 bridgehead atoms. The van der Waals surface area contributed by atoms with Crippen LogP contribution in [0.3, 0.4) is 0 Å². The first kappa shape index (κ1) is 21.5. The van der Waals surface area contributed by atoms with Crippen LogP contribution in [0, 0.1) is 6.92 Å². The van der Waals surface area contributed by atoms with Crippen LogP contribution in [0.5, 0.6) is 0 Å². The molecular formula is C21H16F3N5O2S. The van der Waals surface area contributed by atoms with Gasteiger partial charge in [-0.15, -0.1) is 11.3 Å². The molecule has 2 amide bonds. The van der Waals surface area contributed by atoms with Gasteiger partial charge >= 0.3 is 6.18 Å². The predicted molar refractivity (Wildman–Crippen MR) is 114 cm³/mol. The van der Waals surface area contributed by atoms with Crippen LogP contribution in [-0.2, 0) is 13.2 Å². The Kier molecular flexibility index (Phi) is 5.21. The van der Waals surface area contributed by atoms with Crippen LogP contribution >= 0.6 is 11.3 Å². The van der Waals surface area contributed by atoms with Gasteiger partial charge in [-0.2, -0.15) is 18.3 Å². The van der Waals surface area contributed by atoms with E-state index in [0.717, 1.165) is 11.6 Å². The number of aromatic nitrogens is 3. The Morgan fingerprint density at radius 3 is 2.41 bits per heavy atom. The topological polar surface area (TPSA) is 103 Å². The number of thiophene rings is 1. The van der Waals surface area contributed by atoms with E-state index in [1.807, 2.05) is 6.92 Å². The molecule has 164 valence electrons. The molecule has 0 fully saturated rings. The van der Waals surface area contributed by atoms with E-state index >= 15 is 0 Å². The molecule has 3 N–H and O–H groups in total. The molecule has 3 heterocycles. The number of fused-ring (bicyclic) bond motifs is 1. The molecule has 3 aromatic heterocycles. The van der Waals surface area contributed by atoms with E-state index < -0.39 is 23.7 Å². The monoisotopic (exact) mass is 459 g/mol. The first-order valence-corrected chi connectivity index (χ1v) is 10.1. The molecule has 0 radical (unpaired) electrons. The number of benzene rings is 1. The van der Waals surface area contributed by atoms with Crippen molar-refractivity contribution in [3.8, 4) is 11.1 Å². The van der Waals surface area contributed by atoms with E-state index in [9.17, 15) is 22.8 Å². The van der Waals surface area contributed by atoms with Gasteiger partial charge in [0.15, 0.2) is 0 Å². The largest absolute Gasteiger partial charge is 0.433 e. The molecule has 0 aliphatic rings. The Labute approximate surface area is 183 Å². The minimum Gasteiger partial charge on any atom is -0.365 e. The number of carbonyl (C=O) groups excluding carboxylic acids is 2. The lowest BCUT2D eigenvalue weighted by molar-refractivity contribution is -0.140. The molecule has 0 spiro atoms. The summed E-state index contributed by atoms with van der Waals surface area (Å²) >= 11 is 0.695. The number of hydrogen-bond acceptors (Lipinski definition) is 5. The van der Waals surface area contributed by atoms with Gasteiger partial charge in [0.2, 0.25) is 0 Å². The number of rotatable bonds is 4. The lowest BCUT2D eigenvalue weighted by Crippen LogP contribution is -2.19. The molecular weight excluding hydrogens is 443 g/mol. The van der Waals surface area contributed by atoms with Crippen LogP contribution in [-0.4, -0.2) is 26.6 Å². The smallest absolute Gasteiger partial charge is 0.365 e. The van der Waals surface area contributed by atoms with E-state index in [1.165, 1.54) is 16.9 Å². The third kappa shape index (κ3) is 3.82. The zero-order valence-electron chi connectivity index (χ0n) is 16.8. The van der Waals surface area contributed by atoms with Crippen molar-refractivity contribution in [3.63, 3.8) is 0 Å². The lowest BCUT2D eigenvalue weighted by atomic mass is 10.00. The van der Waals surface area contributed by atoms with Gasteiger partial charge in [-0.05, 0) is 30.2 Å². The lowest BCUT2D eigenvalue weighted by Gasteiger charge is -2.12. The first-order valence-electron chi connectivity index (χ1n) is 9.27. The molecule has 4 aromatic rings. The van der Waals surface area contributed by atoms with Crippen molar-refractivity contribution in [3.05, 3.63) is 64.4 Å². The zero-order chi connectivity index (χ0) is 23.2. The van der Waals surface area contributed by atoms with Gasteiger partial charge in [0.05, 0.1) is 5.69 Å². The highest BCUT2D eigenvalue weighted by Gasteiger charge is 2.35. The van der Waals surface area contributed by atoms with Crippen molar-refractivity contribution in [2.75, 3.05) is 5.32 Å². The van der Waals surface area contributed by atoms with Gasteiger partial charge in [0.1, 0.15) is 21.1 Å². The Balaban J connectivity index is 2.00. The quantitative estimate of drug-likeness (QED) is 0.473. The summed E-state index contributed by atoms with van der Waals surface area (Å²) < 4.78 is 42.0. The second-order valence-corrected chi connectivity index (χ2v) is 8.06. The maximum atomic E-state index is 13.6. The molecule has 0 aliphatic heterocycles. The molecule has 7 nitrogen and oxygen atoms in total. The van der Waals surface area contributed by atoms with Gasteiger partial charge in [0.25, 0.3) is 11.8 Å². The molecule has 4 rings (SSSR count). The predicted octanol–water partition coefficient (Wildman–Crippen LogP) is 4.38. The molecule has 0 aliphatic carbocycles. The van der Waals surface area contributed by atoms with Gasteiger partial charge in [0, 0.05) is 18.6 Å². The van der Waals surface area contributed by atoms with E-state index in [0.29, 0.717) is 16.9 Å². The van der Waals surface area contributed by atoms with Gasteiger partial charge in [-0.1, -0.05) is 29.8 Å². The van der Waals surface area contributed by atoms with Crippen molar-refractivity contribution >= 4 is 39.1 Å². The molecule has 32 heavy (non-hydrogen) atoms. The minimum atomic E-state index is -4.71. The van der Waals surface area contributed by atoms with Crippen LogP contribution < -0.4 is 11.1 Å². The van der Waals surface area contributed by atoms with Crippen molar-refractivity contribution in [2.24, 2.45) is 12.8 Å². The number of primary amides is 1. The molecule has 0 unspecified atom stereocenters. The van der Waals surface area contributed by atoms with Gasteiger partial charge < -0.3 is 11.1 Å². The SMILES string of the molecule is Cc1ccc(-c2cc(C(F)(F)F)nc3sc(C(N)=O)c(NC(=O)c4ccnn4C)c23)cc1. The van der Waals surface area contributed by atoms with Crippen LogP contribution in [0.2, 0.25) is 0 Å². The Morgan fingerprint density at radius 1 is 1.16 bits per heavy atom. The number of carbonyl (C=O) groups is 2. The number of halogens is 3. The molecule has 0 atom stereocenters. The Morgan fingerprint density at radius 2 is 1.84 bits per heavy atom.